The van der Waals surface area contributed by atoms with Crippen molar-refractivity contribution in [3.8, 4) is 11.8 Å². The molecule has 7 rings (SSSR count). The van der Waals surface area contributed by atoms with Crippen molar-refractivity contribution in [3.63, 3.8) is 0 Å². The largest absolute Gasteiger partial charge is 0.373 e. The molecule has 0 radical (unpaired) electrons. The lowest BCUT2D eigenvalue weighted by Gasteiger charge is -2.32. The van der Waals surface area contributed by atoms with Crippen molar-refractivity contribution in [1.29, 1.82) is 0 Å². The molecule has 2 fully saturated rings. The molecule has 2 saturated heterocycles. The molecule has 2 amide bonds. The Labute approximate surface area is 281 Å². The molecule has 15 heteroatoms. The molecule has 0 unspecified atom stereocenters. The summed E-state index contributed by atoms with van der Waals surface area (Å²) in [5.41, 5.74) is 3.04. The number of rotatable bonds is 6. The Kier molecular flexibility index (Phi) is 9.72. The lowest BCUT2D eigenvalue weighted by Crippen LogP contribution is -2.42. The number of nitrogens with zero attached hydrogens (tertiary/aromatic N) is 7. The second-order valence-electron chi connectivity index (χ2n) is 10.8. The second-order valence-corrected chi connectivity index (χ2v) is 12.1. The molecular formula is C33H25ClF3N7O3S. The number of benzene rings is 2. The number of aromatic nitrogens is 3. The quantitative estimate of drug-likeness (QED) is 0.240. The third kappa shape index (κ3) is 6.61. The highest BCUT2D eigenvalue weighted by atomic mass is 35.5. The van der Waals surface area contributed by atoms with Crippen molar-refractivity contribution in [2.45, 2.75) is 25.1 Å². The fourth-order valence-corrected chi connectivity index (χ4v) is 6.90. The maximum atomic E-state index is 14.1. The van der Waals surface area contributed by atoms with Gasteiger partial charge in [-0.15, -0.1) is 11.3 Å². The molecule has 3 aliphatic rings. The third-order valence-electron chi connectivity index (χ3n) is 8.05. The first-order valence-corrected chi connectivity index (χ1v) is 15.9. The van der Waals surface area contributed by atoms with Crippen LogP contribution in [0.15, 0.2) is 83.1 Å². The standard InChI is InChI=1S/C32H25ClF3N7OS.CO2/c33-24-17-21(34)8-9-23(24)28-27(25-10-13-43(39-25)31(35)36)26-18-22(19-42(26)29(38-28)30-37-11-16-45-30)41-15-14-40(32(41)44)12-4-7-20-5-2-1-3-6-20;2-1-3/h1-3,5-6,8-11,13,16-17,22,28,31H,12,14-15,18-19H2;/t22-,28-;/m0./s1. The number of amides is 2. The minimum Gasteiger partial charge on any atom is -0.325 e. The lowest BCUT2D eigenvalue weighted by molar-refractivity contribution is -0.191. The first kappa shape index (κ1) is 32.7. The van der Waals surface area contributed by atoms with Gasteiger partial charge in [-0.1, -0.05) is 47.7 Å². The number of fused-ring (bicyclic) bond motifs is 1. The number of hydrogen-bond donors (Lipinski definition) is 0. The molecule has 5 heterocycles. The van der Waals surface area contributed by atoms with Gasteiger partial charge in [-0.25, -0.2) is 18.9 Å². The number of urea groups is 1. The van der Waals surface area contributed by atoms with Crippen molar-refractivity contribution in [2.24, 2.45) is 4.99 Å². The van der Waals surface area contributed by atoms with Gasteiger partial charge in [0.1, 0.15) is 11.9 Å². The van der Waals surface area contributed by atoms with Crippen molar-refractivity contribution in [3.05, 3.63) is 111 Å². The summed E-state index contributed by atoms with van der Waals surface area (Å²) < 4.78 is 42.0. The summed E-state index contributed by atoms with van der Waals surface area (Å²) in [5.74, 6) is 6.28. The first-order valence-electron chi connectivity index (χ1n) is 14.6. The van der Waals surface area contributed by atoms with Crippen LogP contribution in [0.2, 0.25) is 5.02 Å². The van der Waals surface area contributed by atoms with E-state index >= 15 is 0 Å². The zero-order valence-corrected chi connectivity index (χ0v) is 26.5. The van der Waals surface area contributed by atoms with Crippen LogP contribution in [-0.4, -0.2) is 79.7 Å². The Bertz CT molecular complexity index is 1970. The van der Waals surface area contributed by atoms with Gasteiger partial charge in [-0.2, -0.15) is 23.5 Å². The fourth-order valence-electron chi connectivity index (χ4n) is 5.99. The number of amidine groups is 1. The van der Waals surface area contributed by atoms with Crippen LogP contribution < -0.4 is 0 Å². The summed E-state index contributed by atoms with van der Waals surface area (Å²) in [6.07, 6.45) is 3.56. The van der Waals surface area contributed by atoms with E-state index in [1.54, 1.807) is 17.2 Å². The molecule has 48 heavy (non-hydrogen) atoms. The zero-order chi connectivity index (χ0) is 33.8. The molecular weight excluding hydrogens is 667 g/mol. The molecule has 0 aliphatic carbocycles. The molecule has 0 bridgehead atoms. The Morgan fingerprint density at radius 2 is 1.88 bits per heavy atom. The summed E-state index contributed by atoms with van der Waals surface area (Å²) in [7, 11) is 0. The van der Waals surface area contributed by atoms with Gasteiger partial charge >= 0.3 is 18.7 Å². The normalized spacial score (nSPS) is 18.6. The first-order chi connectivity index (χ1) is 23.3. The van der Waals surface area contributed by atoms with Gasteiger partial charge in [0.05, 0.1) is 18.3 Å². The highest BCUT2D eigenvalue weighted by Crippen LogP contribution is 2.47. The zero-order valence-electron chi connectivity index (χ0n) is 25.0. The number of halogens is 4. The number of aliphatic imine (C=N–C) groups is 1. The smallest absolute Gasteiger partial charge is 0.325 e. The fraction of sp³-hybridized carbons (Fsp3) is 0.242. The number of carbonyl (C=O) groups is 1. The molecule has 0 spiro atoms. The van der Waals surface area contributed by atoms with Crippen LogP contribution in [0, 0.1) is 17.7 Å². The molecule has 2 aromatic heterocycles. The SMILES string of the molecule is O=C1N(CC#Cc2ccccc2)CCN1[C@H]1CC2=C(c3ccn(C(F)F)n3)[C@H](c3ccc(F)cc3Cl)N=C(c3nccs3)N2C1.O=C=O. The topological polar surface area (TPSA) is 104 Å². The van der Waals surface area contributed by atoms with Crippen molar-refractivity contribution in [2.75, 3.05) is 26.2 Å². The van der Waals surface area contributed by atoms with Gasteiger partial charge in [-0.3, -0.25) is 4.99 Å². The predicted molar refractivity (Wildman–Crippen MR) is 170 cm³/mol. The molecule has 2 aromatic carbocycles. The van der Waals surface area contributed by atoms with Crippen molar-refractivity contribution < 1.29 is 27.6 Å². The van der Waals surface area contributed by atoms with E-state index in [0.29, 0.717) is 65.0 Å². The number of thiazole rings is 1. The van der Waals surface area contributed by atoms with Gasteiger partial charge in [0, 0.05) is 71.2 Å². The number of carbonyl (C=O) groups excluding carboxylic acids is 3. The van der Waals surface area contributed by atoms with Gasteiger partial charge in [0.2, 0.25) is 0 Å². The van der Waals surface area contributed by atoms with Crippen LogP contribution in [0.1, 0.15) is 40.8 Å². The van der Waals surface area contributed by atoms with Crippen LogP contribution in [-0.2, 0) is 9.59 Å². The van der Waals surface area contributed by atoms with E-state index in [2.05, 4.69) is 21.9 Å². The summed E-state index contributed by atoms with van der Waals surface area (Å²) >= 11 is 7.97. The van der Waals surface area contributed by atoms with E-state index in [1.165, 1.54) is 35.7 Å². The number of alkyl halides is 2. The van der Waals surface area contributed by atoms with Gasteiger partial charge in [0.25, 0.3) is 0 Å². The second kappa shape index (κ2) is 14.3. The van der Waals surface area contributed by atoms with Gasteiger partial charge in [0.15, 0.2) is 10.8 Å². The Morgan fingerprint density at radius 1 is 1.08 bits per heavy atom. The highest BCUT2D eigenvalue weighted by molar-refractivity contribution is 7.11. The minimum absolute atomic E-state index is 0.114. The molecule has 10 nitrogen and oxygen atoms in total. The average Bonchev–Trinajstić information content (AvgIpc) is 3.89. The van der Waals surface area contributed by atoms with Crippen LogP contribution in [0.4, 0.5) is 18.0 Å². The van der Waals surface area contributed by atoms with Crippen molar-refractivity contribution in [1.82, 2.24) is 29.5 Å². The molecule has 4 aromatic rings. The molecule has 244 valence electrons. The summed E-state index contributed by atoms with van der Waals surface area (Å²) in [4.78, 5) is 45.0. The van der Waals surface area contributed by atoms with Gasteiger partial charge < -0.3 is 14.7 Å². The molecule has 3 aliphatic heterocycles. The average molecular weight is 692 g/mol. The van der Waals surface area contributed by atoms with E-state index in [4.69, 9.17) is 26.2 Å². The van der Waals surface area contributed by atoms with E-state index in [0.717, 1.165) is 11.3 Å². The number of hydrogen-bond acceptors (Lipinski definition) is 8. The van der Waals surface area contributed by atoms with E-state index in [9.17, 15) is 18.0 Å². The summed E-state index contributed by atoms with van der Waals surface area (Å²) in [6.45, 7) is -1.06. The maximum absolute atomic E-state index is 14.1. The van der Waals surface area contributed by atoms with Crippen LogP contribution in [0.25, 0.3) is 5.57 Å². The monoisotopic (exact) mass is 691 g/mol. The van der Waals surface area contributed by atoms with Crippen LogP contribution in [0.3, 0.4) is 0 Å². The molecule has 0 saturated carbocycles. The summed E-state index contributed by atoms with van der Waals surface area (Å²) in [5, 5.41) is 6.84. The third-order valence-corrected chi connectivity index (χ3v) is 9.15. The van der Waals surface area contributed by atoms with E-state index < -0.39 is 18.4 Å². The predicted octanol–water partition coefficient (Wildman–Crippen LogP) is 5.72. The summed E-state index contributed by atoms with van der Waals surface area (Å²) in [6, 6.07) is 14.0. The van der Waals surface area contributed by atoms with Crippen LogP contribution >= 0.6 is 22.9 Å². The van der Waals surface area contributed by atoms with Crippen LogP contribution in [0.5, 0.6) is 0 Å². The highest BCUT2D eigenvalue weighted by Gasteiger charge is 2.45. The van der Waals surface area contributed by atoms with E-state index in [-0.39, 0.29) is 23.2 Å². The van der Waals surface area contributed by atoms with Crippen molar-refractivity contribution >= 4 is 46.5 Å². The molecule has 2 atom stereocenters. The van der Waals surface area contributed by atoms with E-state index in [1.807, 2.05) is 45.5 Å². The maximum Gasteiger partial charge on any atom is 0.373 e. The molecule has 0 N–H and O–H groups in total. The Morgan fingerprint density at radius 3 is 2.56 bits per heavy atom. The Hall–Kier alpha value is -5.22. The minimum atomic E-state index is -2.83. The Balaban J connectivity index is 0.00000129. The lowest BCUT2D eigenvalue weighted by atomic mass is 9.92. The van der Waals surface area contributed by atoms with Gasteiger partial charge in [-0.05, 0) is 30.3 Å².